The van der Waals surface area contributed by atoms with E-state index in [1.165, 1.54) is 11.5 Å². The number of ether oxygens (including phenoxy) is 1. The summed E-state index contributed by atoms with van der Waals surface area (Å²) in [4.78, 5) is 65.0. The highest BCUT2D eigenvalue weighted by Gasteiger charge is 2.33. The van der Waals surface area contributed by atoms with Crippen LogP contribution in [0.2, 0.25) is 5.02 Å². The summed E-state index contributed by atoms with van der Waals surface area (Å²) in [7, 11) is 3.59. The van der Waals surface area contributed by atoms with Gasteiger partial charge in [-0.05, 0) is 74.6 Å². The molecule has 2 atom stereocenters. The Labute approximate surface area is 340 Å². The molecule has 3 fully saturated rings. The summed E-state index contributed by atoms with van der Waals surface area (Å²) in [5, 5.41) is 15.2. The number of carbonyl (C=O) groups is 3. The zero-order valence-electron chi connectivity index (χ0n) is 33.1. The molecule has 3 aliphatic rings. The summed E-state index contributed by atoms with van der Waals surface area (Å²) in [6.07, 6.45) is 4.64. The van der Waals surface area contributed by atoms with Crippen molar-refractivity contribution in [3.63, 3.8) is 0 Å². The maximum Gasteiger partial charge on any atom is 0.293 e. The molecule has 2 aromatic carbocycles. The first-order chi connectivity index (χ1) is 27.9. The number of nitrogens with one attached hydrogen (secondary N) is 3. The normalized spacial score (nSPS) is 19.5. The number of carbonyl (C=O) groups excluding carboxylic acids is 3. The molecule has 0 saturated carbocycles. The van der Waals surface area contributed by atoms with Crippen molar-refractivity contribution < 1.29 is 19.1 Å². The lowest BCUT2D eigenvalue weighted by atomic mass is 9.92. The molecular formula is C41H48ClN11O5. The van der Waals surface area contributed by atoms with Crippen LogP contribution in [0.4, 0.5) is 23.1 Å². The summed E-state index contributed by atoms with van der Waals surface area (Å²) in [6, 6.07) is 14.0. The van der Waals surface area contributed by atoms with Gasteiger partial charge in [0.25, 0.3) is 5.56 Å². The van der Waals surface area contributed by atoms with Crippen LogP contribution in [0.5, 0.6) is 5.75 Å². The molecular weight excluding hydrogens is 762 g/mol. The van der Waals surface area contributed by atoms with Crippen molar-refractivity contribution in [2.24, 2.45) is 20.0 Å². The van der Waals surface area contributed by atoms with Gasteiger partial charge in [0, 0.05) is 94.9 Å². The minimum absolute atomic E-state index is 0.107. The molecule has 6 heterocycles. The van der Waals surface area contributed by atoms with Gasteiger partial charge in [-0.2, -0.15) is 10.1 Å². The number of pyridine rings is 1. The molecule has 3 N–H and O–H groups in total. The van der Waals surface area contributed by atoms with Crippen LogP contribution in [0.3, 0.4) is 0 Å². The quantitative estimate of drug-likeness (QED) is 0.137. The molecule has 3 saturated heterocycles. The molecule has 5 aromatic rings. The van der Waals surface area contributed by atoms with E-state index >= 15 is 0 Å². The van der Waals surface area contributed by atoms with Crippen LogP contribution in [-0.4, -0.2) is 99.0 Å². The van der Waals surface area contributed by atoms with Crippen molar-refractivity contribution in [3.8, 4) is 5.75 Å². The molecule has 0 radical (unpaired) electrons. The number of anilines is 4. The third kappa shape index (κ3) is 8.03. The molecule has 58 heavy (non-hydrogen) atoms. The number of piperazine rings is 1. The van der Waals surface area contributed by atoms with Gasteiger partial charge in [-0.1, -0.05) is 11.6 Å². The first-order valence-electron chi connectivity index (χ1n) is 19.8. The van der Waals surface area contributed by atoms with Crippen LogP contribution >= 0.6 is 11.6 Å². The van der Waals surface area contributed by atoms with E-state index in [0.29, 0.717) is 41.6 Å². The zero-order valence-corrected chi connectivity index (χ0v) is 33.9. The second-order valence-corrected chi connectivity index (χ2v) is 16.0. The maximum absolute atomic E-state index is 12.8. The third-order valence-corrected chi connectivity index (χ3v) is 12.0. The summed E-state index contributed by atoms with van der Waals surface area (Å²) in [5.74, 6) is 0.664. The van der Waals surface area contributed by atoms with E-state index in [-0.39, 0.29) is 35.8 Å². The number of hydrogen-bond donors (Lipinski definition) is 3. The van der Waals surface area contributed by atoms with Gasteiger partial charge in [0.15, 0.2) is 18.3 Å². The molecule has 17 heteroatoms. The number of amides is 3. The van der Waals surface area contributed by atoms with Crippen LogP contribution in [-0.2, 0) is 28.5 Å². The number of aryl methyl sites for hydroxylation is 2. The Hall–Kier alpha value is -5.74. The maximum atomic E-state index is 12.8. The zero-order chi connectivity index (χ0) is 40.7. The third-order valence-electron chi connectivity index (χ3n) is 11.7. The van der Waals surface area contributed by atoms with Gasteiger partial charge in [0.1, 0.15) is 5.02 Å². The molecule has 0 spiro atoms. The van der Waals surface area contributed by atoms with E-state index in [0.717, 1.165) is 91.0 Å². The SMILES string of the molecule is CC(=O)NCOc1cc2cc(Nc3nc(N4CCN(CC5CCN(c6ccc7c([C@@H]8CCC(=O)NC8=O)nn(C)c7c6)CC5)[C@@H](C)C4)ncc3Cl)ccc2n(C)c1=O. The highest BCUT2D eigenvalue weighted by Crippen LogP contribution is 2.34. The summed E-state index contributed by atoms with van der Waals surface area (Å²) in [6.45, 7) is 9.01. The van der Waals surface area contributed by atoms with Gasteiger partial charge in [0.05, 0.1) is 28.8 Å². The van der Waals surface area contributed by atoms with Gasteiger partial charge in [-0.25, -0.2) is 4.98 Å². The number of fused-ring (bicyclic) bond motifs is 2. The second-order valence-electron chi connectivity index (χ2n) is 15.6. The highest BCUT2D eigenvalue weighted by atomic mass is 35.5. The summed E-state index contributed by atoms with van der Waals surface area (Å²) in [5.41, 5.74) is 4.04. The number of nitrogens with zero attached hydrogens (tertiary/aromatic N) is 8. The average Bonchev–Trinajstić information content (AvgIpc) is 3.53. The van der Waals surface area contributed by atoms with Crippen LogP contribution in [0.1, 0.15) is 51.1 Å². The molecule has 3 amide bonds. The van der Waals surface area contributed by atoms with Crippen LogP contribution < -0.4 is 36.0 Å². The van der Waals surface area contributed by atoms with E-state index in [1.807, 2.05) is 29.9 Å². The van der Waals surface area contributed by atoms with Gasteiger partial charge >= 0.3 is 0 Å². The fourth-order valence-electron chi connectivity index (χ4n) is 8.42. The topological polar surface area (TPSA) is 172 Å². The number of rotatable bonds is 10. The van der Waals surface area contributed by atoms with Gasteiger partial charge < -0.3 is 29.7 Å². The molecule has 0 unspecified atom stereocenters. The molecule has 16 nitrogen and oxygen atoms in total. The Bertz CT molecular complexity index is 2460. The molecule has 0 bridgehead atoms. The van der Waals surface area contributed by atoms with E-state index in [1.54, 1.807) is 19.3 Å². The minimum atomic E-state index is -0.414. The van der Waals surface area contributed by atoms with Gasteiger partial charge in [0.2, 0.25) is 23.7 Å². The summed E-state index contributed by atoms with van der Waals surface area (Å²) >= 11 is 6.59. The van der Waals surface area contributed by atoms with Crippen molar-refractivity contribution in [1.29, 1.82) is 0 Å². The lowest BCUT2D eigenvalue weighted by Crippen LogP contribution is -2.54. The van der Waals surface area contributed by atoms with Crippen LogP contribution in [0.15, 0.2) is 53.5 Å². The van der Waals surface area contributed by atoms with Crippen LogP contribution in [0.25, 0.3) is 21.8 Å². The summed E-state index contributed by atoms with van der Waals surface area (Å²) < 4.78 is 8.91. The lowest BCUT2D eigenvalue weighted by Gasteiger charge is -2.43. The Morgan fingerprint density at radius 1 is 0.983 bits per heavy atom. The van der Waals surface area contributed by atoms with E-state index in [2.05, 4.69) is 60.8 Å². The van der Waals surface area contributed by atoms with Gasteiger partial charge in [-0.3, -0.25) is 34.1 Å². The predicted octanol–water partition coefficient (Wildman–Crippen LogP) is 4.03. The molecule has 304 valence electrons. The van der Waals surface area contributed by atoms with E-state index < -0.39 is 5.92 Å². The number of piperidine rings is 2. The van der Waals surface area contributed by atoms with Crippen molar-refractivity contribution in [2.45, 2.75) is 51.5 Å². The van der Waals surface area contributed by atoms with Crippen LogP contribution in [0, 0.1) is 5.92 Å². The number of hydrogen-bond acceptors (Lipinski definition) is 12. The minimum Gasteiger partial charge on any atom is -0.467 e. The van der Waals surface area contributed by atoms with Crippen molar-refractivity contribution in [3.05, 3.63) is 69.7 Å². The molecule has 3 aromatic heterocycles. The first kappa shape index (κ1) is 39.1. The lowest BCUT2D eigenvalue weighted by molar-refractivity contribution is -0.134. The largest absolute Gasteiger partial charge is 0.467 e. The van der Waals surface area contributed by atoms with Gasteiger partial charge in [-0.15, -0.1) is 0 Å². The fraction of sp³-hybridized carbons (Fsp3) is 0.439. The Balaban J connectivity index is 0.865. The Morgan fingerprint density at radius 3 is 2.55 bits per heavy atom. The Kier molecular flexibility index (Phi) is 11.0. The number of aromatic nitrogens is 5. The van der Waals surface area contributed by atoms with Crippen molar-refractivity contribution in [2.75, 3.05) is 61.1 Å². The van der Waals surface area contributed by atoms with E-state index in [4.69, 9.17) is 26.4 Å². The predicted molar refractivity (Wildman–Crippen MR) is 223 cm³/mol. The molecule has 8 rings (SSSR count). The first-order valence-corrected chi connectivity index (χ1v) is 20.1. The van der Waals surface area contributed by atoms with E-state index in [9.17, 15) is 19.2 Å². The fourth-order valence-corrected chi connectivity index (χ4v) is 8.56. The molecule has 0 aliphatic carbocycles. The average molecular weight is 810 g/mol. The smallest absolute Gasteiger partial charge is 0.293 e. The number of benzene rings is 2. The number of imide groups is 1. The Morgan fingerprint density at radius 2 is 1.79 bits per heavy atom. The standard InChI is InChI=1S/C41H48ClN11O5/c1-24-21-53(41-43-20-32(42)38(47-41)45-28-5-9-33-27(17-28)18-35(40(57)49(33)3)58-23-44-25(2)54)16-15-52(24)22-26-11-13-51(14-12-26)29-6-7-30-34(19-29)50(4)48-37(30)31-8-10-36(55)46-39(31)56/h5-7,9,17-20,24,26,31H,8,10-16,21-23H2,1-4H3,(H,44,54)(H,43,45,47)(H,46,55,56)/t24-,31-/m0/s1. The second kappa shape index (κ2) is 16.3. The van der Waals surface area contributed by atoms with Crippen molar-refractivity contribution >= 4 is 74.3 Å². The monoisotopic (exact) mass is 809 g/mol. The highest BCUT2D eigenvalue weighted by molar-refractivity contribution is 6.33. The van der Waals surface area contributed by atoms with Crippen molar-refractivity contribution in [1.82, 2.24) is 39.8 Å². The number of halogens is 1. The molecule has 3 aliphatic heterocycles.